The Labute approximate surface area is 209 Å². The van der Waals surface area contributed by atoms with Gasteiger partial charge in [-0.25, -0.2) is 13.6 Å². The molecule has 3 heterocycles. The first-order valence-electron chi connectivity index (χ1n) is 11.2. The van der Waals surface area contributed by atoms with Gasteiger partial charge in [-0.15, -0.1) is 11.3 Å². The number of fused-ring (bicyclic) bond motifs is 2. The summed E-state index contributed by atoms with van der Waals surface area (Å²) in [6.45, 7) is 0.567. The van der Waals surface area contributed by atoms with Crippen molar-refractivity contribution in [2.75, 3.05) is 30.3 Å². The third kappa shape index (κ3) is 4.06. The number of halogens is 5. The highest BCUT2D eigenvalue weighted by Crippen LogP contribution is 2.47. The molecule has 2 aromatic heterocycles. The average molecular weight is 535 g/mol. The third-order valence-corrected chi connectivity index (χ3v) is 7.65. The van der Waals surface area contributed by atoms with Gasteiger partial charge in [-0.3, -0.25) is 0 Å². The Bertz CT molecular complexity index is 1650. The van der Waals surface area contributed by atoms with Crippen LogP contribution in [0.5, 0.6) is 0 Å². The molecule has 0 saturated carbocycles. The van der Waals surface area contributed by atoms with Crippen LogP contribution in [0.1, 0.15) is 24.0 Å². The van der Waals surface area contributed by atoms with E-state index in [0.29, 0.717) is 43.3 Å². The summed E-state index contributed by atoms with van der Waals surface area (Å²) >= 11 is 0.672. The number of nitrogens with zero attached hydrogens (tertiary/aromatic N) is 3. The van der Waals surface area contributed by atoms with Crippen molar-refractivity contribution < 1.29 is 27.1 Å². The molecule has 7 nitrogen and oxygen atoms in total. The maximum atomic E-state index is 16.1. The molecule has 0 amide bonds. The Balaban J connectivity index is 1.85. The van der Waals surface area contributed by atoms with Crippen LogP contribution in [0, 0.1) is 28.9 Å². The fraction of sp³-hybridized carbons (Fsp3) is 0.292. The lowest BCUT2D eigenvalue weighted by Gasteiger charge is -2.32. The number of aromatic nitrogens is 2. The Kier molecular flexibility index (Phi) is 6.04. The van der Waals surface area contributed by atoms with Crippen molar-refractivity contribution in [1.29, 1.82) is 5.26 Å². The van der Waals surface area contributed by atoms with Crippen molar-refractivity contribution in [3.63, 3.8) is 0 Å². The number of piperidine rings is 1. The van der Waals surface area contributed by atoms with Crippen LogP contribution in [0.4, 0.5) is 32.8 Å². The van der Waals surface area contributed by atoms with Crippen LogP contribution >= 0.6 is 11.3 Å². The van der Waals surface area contributed by atoms with E-state index < -0.39 is 40.1 Å². The first kappa shape index (κ1) is 24.9. The molecule has 4 N–H and O–H groups in total. The molecule has 37 heavy (non-hydrogen) atoms. The molecule has 0 bridgehead atoms. The fourth-order valence-electron chi connectivity index (χ4n) is 4.80. The lowest BCUT2D eigenvalue weighted by molar-refractivity contribution is -0.137. The third-order valence-electron chi connectivity index (χ3n) is 6.62. The Hall–Kier alpha value is -3.76. The van der Waals surface area contributed by atoms with Crippen LogP contribution < -0.4 is 16.3 Å². The largest absolute Gasteiger partial charge is 0.417 e. The number of benzene rings is 2. The predicted molar refractivity (Wildman–Crippen MR) is 129 cm³/mol. The second-order valence-corrected chi connectivity index (χ2v) is 9.82. The number of thiophene rings is 1. The van der Waals surface area contributed by atoms with Crippen molar-refractivity contribution in [2.45, 2.75) is 19.0 Å². The molecule has 192 valence electrons. The minimum Gasteiger partial charge on any atom is -0.396 e. The highest BCUT2D eigenvalue weighted by atomic mass is 32.1. The maximum absolute atomic E-state index is 16.1. The average Bonchev–Trinajstić information content (AvgIpc) is 3.21. The number of nitrogen functional groups attached to an aromatic ring is 1. The van der Waals surface area contributed by atoms with E-state index in [1.165, 1.54) is 0 Å². The molecule has 4 aromatic rings. The van der Waals surface area contributed by atoms with Gasteiger partial charge in [0.05, 0.1) is 21.3 Å². The lowest BCUT2D eigenvalue weighted by atomic mass is 9.92. The predicted octanol–water partition coefficient (Wildman–Crippen LogP) is 4.76. The van der Waals surface area contributed by atoms with E-state index in [1.807, 2.05) is 0 Å². The summed E-state index contributed by atoms with van der Waals surface area (Å²) in [5.41, 5.74) is 1.39. The Morgan fingerprint density at radius 1 is 1.27 bits per heavy atom. The molecule has 1 aliphatic heterocycles. The second-order valence-electron chi connectivity index (χ2n) is 8.76. The number of aliphatic hydroxyl groups excluding tert-OH is 1. The number of nitrogens with two attached hydrogens (primary N) is 1. The molecule has 0 aliphatic carbocycles. The second kappa shape index (κ2) is 8.97. The number of alkyl halides is 3. The molecule has 0 spiro atoms. The van der Waals surface area contributed by atoms with E-state index in [0.717, 1.165) is 12.1 Å². The van der Waals surface area contributed by atoms with Gasteiger partial charge in [0.15, 0.2) is 5.82 Å². The number of aromatic amines is 1. The topological polar surface area (TPSA) is 119 Å². The standard InChI is InChI=1S/C24H18F5N5O2S/c25-15-2-1-11(16-13(8-30)21(31)37-20(15)16)17-14(24(27,28)29)7-12-19(18(17)26)32-23(36)33-22(12)34-5-3-10(9-35)4-6-34/h1-2,7,10,35H,3-6,9,31H2,(H,32,33,36). The number of hydrogen-bond donors (Lipinski definition) is 3. The molecular formula is C24H18F5N5O2S. The zero-order valence-electron chi connectivity index (χ0n) is 18.9. The zero-order chi connectivity index (χ0) is 26.6. The first-order chi connectivity index (χ1) is 17.5. The van der Waals surface area contributed by atoms with Crippen molar-refractivity contribution in [3.05, 3.63) is 51.4 Å². The molecule has 2 aromatic carbocycles. The van der Waals surface area contributed by atoms with Crippen molar-refractivity contribution in [1.82, 2.24) is 9.97 Å². The molecule has 1 aliphatic rings. The number of rotatable bonds is 3. The zero-order valence-corrected chi connectivity index (χ0v) is 19.7. The van der Waals surface area contributed by atoms with E-state index in [1.54, 1.807) is 11.0 Å². The van der Waals surface area contributed by atoms with Gasteiger partial charge in [0.1, 0.15) is 22.7 Å². The van der Waals surface area contributed by atoms with Gasteiger partial charge in [-0.1, -0.05) is 6.07 Å². The van der Waals surface area contributed by atoms with E-state index in [4.69, 9.17) is 5.73 Å². The molecule has 0 unspecified atom stereocenters. The number of aliphatic hydroxyl groups is 1. The number of H-pyrrole nitrogens is 1. The molecule has 13 heteroatoms. The molecule has 0 atom stereocenters. The molecular weight excluding hydrogens is 517 g/mol. The molecule has 5 rings (SSSR count). The smallest absolute Gasteiger partial charge is 0.396 e. The van der Waals surface area contributed by atoms with Crippen LogP contribution in [0.3, 0.4) is 0 Å². The summed E-state index contributed by atoms with van der Waals surface area (Å²) in [5.74, 6) is -2.31. The minimum atomic E-state index is -5.06. The van der Waals surface area contributed by atoms with Crippen LogP contribution in [0.2, 0.25) is 0 Å². The van der Waals surface area contributed by atoms with E-state index in [9.17, 15) is 32.7 Å². The number of nitriles is 1. The van der Waals surface area contributed by atoms with Gasteiger partial charge >= 0.3 is 11.9 Å². The number of anilines is 2. The van der Waals surface area contributed by atoms with E-state index in [-0.39, 0.29) is 49.9 Å². The summed E-state index contributed by atoms with van der Waals surface area (Å²) in [6.07, 6.45) is -4.02. The monoisotopic (exact) mass is 535 g/mol. The SMILES string of the molecule is N#Cc1c(N)sc2c(F)ccc(-c3c(C(F)(F)F)cc4c(N5CCC(CO)CC5)nc(=O)[nH]c4c3F)c12. The minimum absolute atomic E-state index is 0.00634. The van der Waals surface area contributed by atoms with Gasteiger partial charge in [-0.05, 0) is 36.5 Å². The summed E-state index contributed by atoms with van der Waals surface area (Å²) in [4.78, 5) is 20.0. The highest BCUT2D eigenvalue weighted by Gasteiger charge is 2.38. The van der Waals surface area contributed by atoms with Crippen LogP contribution in [0.25, 0.3) is 32.1 Å². The van der Waals surface area contributed by atoms with Gasteiger partial charge in [0, 0.05) is 36.0 Å². The van der Waals surface area contributed by atoms with Gasteiger partial charge < -0.3 is 20.7 Å². The molecule has 1 fully saturated rings. The van der Waals surface area contributed by atoms with Gasteiger partial charge in [0.25, 0.3) is 0 Å². The lowest BCUT2D eigenvalue weighted by Crippen LogP contribution is -2.36. The van der Waals surface area contributed by atoms with E-state index >= 15 is 4.39 Å². The highest BCUT2D eigenvalue weighted by molar-refractivity contribution is 7.23. The quantitative estimate of drug-likeness (QED) is 0.326. The summed E-state index contributed by atoms with van der Waals surface area (Å²) in [6, 6.07) is 4.31. The normalized spacial score (nSPS) is 15.0. The fourth-order valence-corrected chi connectivity index (χ4v) is 5.75. The van der Waals surface area contributed by atoms with Crippen molar-refractivity contribution >= 4 is 43.1 Å². The number of nitrogens with one attached hydrogen (secondary N) is 1. The maximum Gasteiger partial charge on any atom is 0.417 e. The van der Waals surface area contributed by atoms with Gasteiger partial charge in [0.2, 0.25) is 0 Å². The summed E-state index contributed by atoms with van der Waals surface area (Å²) < 4.78 is 73.6. The Morgan fingerprint density at radius 3 is 2.59 bits per heavy atom. The van der Waals surface area contributed by atoms with Crippen LogP contribution in [-0.4, -0.2) is 34.8 Å². The van der Waals surface area contributed by atoms with Crippen molar-refractivity contribution in [3.8, 4) is 17.2 Å². The van der Waals surface area contributed by atoms with E-state index in [2.05, 4.69) is 9.97 Å². The van der Waals surface area contributed by atoms with Crippen molar-refractivity contribution in [2.24, 2.45) is 5.92 Å². The first-order valence-corrected chi connectivity index (χ1v) is 12.0. The van der Waals surface area contributed by atoms with Crippen LogP contribution in [0.15, 0.2) is 23.0 Å². The van der Waals surface area contributed by atoms with Crippen LogP contribution in [-0.2, 0) is 6.18 Å². The summed E-state index contributed by atoms with van der Waals surface area (Å²) in [5, 5.41) is 18.3. The van der Waals surface area contributed by atoms with Gasteiger partial charge in [-0.2, -0.15) is 23.4 Å². The molecule has 0 radical (unpaired) electrons. The summed E-state index contributed by atoms with van der Waals surface area (Å²) in [7, 11) is 0. The Morgan fingerprint density at radius 2 is 1.97 bits per heavy atom. The number of hydrogen-bond acceptors (Lipinski definition) is 7. The molecule has 1 saturated heterocycles.